The molecule has 2 fully saturated rings. The van der Waals surface area contributed by atoms with E-state index in [2.05, 4.69) is 10.3 Å². The van der Waals surface area contributed by atoms with Gasteiger partial charge in [0.1, 0.15) is 11.8 Å². The fraction of sp³-hybridized carbons (Fsp3) is 0.556. The summed E-state index contributed by atoms with van der Waals surface area (Å²) in [5.41, 5.74) is 0.763. The lowest BCUT2D eigenvalue weighted by molar-refractivity contribution is -0.124. The number of nitrogens with one attached hydrogen (secondary N) is 1. The zero-order chi connectivity index (χ0) is 25.7. The van der Waals surface area contributed by atoms with Gasteiger partial charge in [0.05, 0.1) is 6.20 Å². The Morgan fingerprint density at radius 3 is 2.58 bits per heavy atom. The van der Waals surface area contributed by atoms with Crippen molar-refractivity contribution in [2.75, 3.05) is 13.1 Å². The van der Waals surface area contributed by atoms with Gasteiger partial charge in [-0.2, -0.15) is 0 Å². The van der Waals surface area contributed by atoms with E-state index in [9.17, 15) is 19.5 Å². The van der Waals surface area contributed by atoms with Crippen LogP contribution in [0.2, 0.25) is 5.02 Å². The number of likely N-dealkylation sites (tertiary alicyclic amines) is 1. The van der Waals surface area contributed by atoms with Crippen molar-refractivity contribution in [3.05, 3.63) is 41.4 Å². The Kier molecular flexibility index (Phi) is 8.34. The highest BCUT2D eigenvalue weighted by atomic mass is 35.5. The van der Waals surface area contributed by atoms with Crippen LogP contribution in [0.25, 0.3) is 11.3 Å². The molecule has 8 nitrogen and oxygen atoms in total. The van der Waals surface area contributed by atoms with Crippen molar-refractivity contribution in [3.63, 3.8) is 0 Å². The summed E-state index contributed by atoms with van der Waals surface area (Å²) in [6.07, 6.45) is 7.37. The van der Waals surface area contributed by atoms with Crippen molar-refractivity contribution in [3.8, 4) is 11.3 Å². The van der Waals surface area contributed by atoms with Crippen LogP contribution >= 0.6 is 11.6 Å². The highest BCUT2D eigenvalue weighted by Gasteiger charge is 2.59. The molecule has 0 radical (unpaired) electrons. The summed E-state index contributed by atoms with van der Waals surface area (Å²) in [6.45, 7) is 2.83. The van der Waals surface area contributed by atoms with Crippen LogP contribution in [-0.2, 0) is 9.59 Å². The first kappa shape index (κ1) is 26.2. The Morgan fingerprint density at radius 1 is 1.19 bits per heavy atom. The van der Waals surface area contributed by atoms with Crippen molar-refractivity contribution in [2.45, 2.75) is 70.8 Å². The van der Waals surface area contributed by atoms with Crippen LogP contribution in [0, 0.1) is 11.3 Å². The van der Waals surface area contributed by atoms with E-state index >= 15 is 0 Å². The van der Waals surface area contributed by atoms with Gasteiger partial charge in [0.15, 0.2) is 5.76 Å². The van der Waals surface area contributed by atoms with Crippen LogP contribution in [0.5, 0.6) is 0 Å². The molecular weight excluding hydrogens is 482 g/mol. The van der Waals surface area contributed by atoms with Gasteiger partial charge in [0.2, 0.25) is 11.8 Å². The van der Waals surface area contributed by atoms with Crippen LogP contribution in [0.3, 0.4) is 0 Å². The van der Waals surface area contributed by atoms with E-state index < -0.39 is 6.09 Å². The van der Waals surface area contributed by atoms with Crippen LogP contribution in [-0.4, -0.2) is 45.9 Å². The molecule has 2 amide bonds. The zero-order valence-electron chi connectivity index (χ0n) is 20.7. The third-order valence-electron chi connectivity index (χ3n) is 7.65. The number of amides is 2. The molecule has 2 aliphatic rings. The van der Waals surface area contributed by atoms with Crippen LogP contribution in [0.15, 0.2) is 34.9 Å². The summed E-state index contributed by atoms with van der Waals surface area (Å²) in [7, 11) is 0. The molecule has 4 rings (SSSR count). The maximum Gasteiger partial charge on any atom is 0.407 e. The van der Waals surface area contributed by atoms with Crippen molar-refractivity contribution in [1.82, 2.24) is 15.2 Å². The molecule has 1 aromatic carbocycles. The standard InChI is InChI=1S/C27H34ClN3O5/c1-2-20(32)6-4-3-5-7-22(25-29-17-23(36-25)18-8-10-19(28)11-9-18)30-24(33)21-16-27(21)12-14-31(15-13-27)26(34)35/h8-11,17,21-22H,2-7,12-16H2,1H3,(H,30,33)(H,34,35)/t21?,22-/m0/s1. The lowest BCUT2D eigenvalue weighted by atomic mass is 9.90. The number of carbonyl (C=O) groups is 3. The number of carbonyl (C=O) groups excluding carboxylic acids is 2. The second-order valence-corrected chi connectivity index (χ2v) is 10.4. The van der Waals surface area contributed by atoms with Gasteiger partial charge >= 0.3 is 6.09 Å². The SMILES string of the molecule is CCC(=O)CCCCC[C@H](NC(=O)C1CC12CCN(C(=O)O)CC2)c1ncc(-c2ccc(Cl)cc2)o1. The third kappa shape index (κ3) is 6.27. The fourth-order valence-electron chi connectivity index (χ4n) is 5.16. The number of nitrogens with zero attached hydrogens (tertiary/aromatic N) is 2. The molecule has 194 valence electrons. The molecule has 2 atom stereocenters. The summed E-state index contributed by atoms with van der Waals surface area (Å²) in [5, 5.41) is 13.0. The largest absolute Gasteiger partial charge is 0.465 e. The van der Waals surface area contributed by atoms with Gasteiger partial charge in [-0.15, -0.1) is 0 Å². The quantitative estimate of drug-likeness (QED) is 0.362. The van der Waals surface area contributed by atoms with E-state index in [1.165, 1.54) is 4.90 Å². The number of hydrogen-bond acceptors (Lipinski definition) is 5. The Morgan fingerprint density at radius 2 is 1.92 bits per heavy atom. The molecule has 1 aliphatic carbocycles. The number of unbranched alkanes of at least 4 members (excludes halogenated alkanes) is 2. The third-order valence-corrected chi connectivity index (χ3v) is 7.90. The van der Waals surface area contributed by atoms with Gasteiger partial charge in [-0.1, -0.05) is 31.4 Å². The van der Waals surface area contributed by atoms with Gasteiger partial charge in [0.25, 0.3) is 0 Å². The van der Waals surface area contributed by atoms with Crippen molar-refractivity contribution in [1.29, 1.82) is 0 Å². The molecule has 2 N–H and O–H groups in total. The predicted octanol–water partition coefficient (Wildman–Crippen LogP) is 5.86. The second kappa shape index (κ2) is 11.5. The minimum Gasteiger partial charge on any atom is -0.465 e. The molecule has 2 aromatic rings. The molecule has 1 aromatic heterocycles. The number of Topliss-reactive ketones (excluding diaryl/α,β-unsaturated/α-hetero) is 1. The van der Waals surface area contributed by atoms with Crippen molar-refractivity contribution < 1.29 is 23.9 Å². The van der Waals surface area contributed by atoms with Gasteiger partial charge in [-0.3, -0.25) is 9.59 Å². The number of halogens is 1. The topological polar surface area (TPSA) is 113 Å². The minimum atomic E-state index is -0.896. The molecule has 2 heterocycles. The predicted molar refractivity (Wildman–Crippen MR) is 136 cm³/mol. The first-order valence-corrected chi connectivity index (χ1v) is 13.2. The summed E-state index contributed by atoms with van der Waals surface area (Å²) >= 11 is 6.00. The summed E-state index contributed by atoms with van der Waals surface area (Å²) in [4.78, 5) is 42.0. The van der Waals surface area contributed by atoms with E-state index in [0.29, 0.717) is 61.9 Å². The monoisotopic (exact) mass is 515 g/mol. The van der Waals surface area contributed by atoms with E-state index in [0.717, 1.165) is 31.2 Å². The molecule has 1 saturated carbocycles. The number of benzene rings is 1. The van der Waals surface area contributed by atoms with Crippen molar-refractivity contribution in [2.24, 2.45) is 11.3 Å². The Balaban J connectivity index is 1.39. The highest BCUT2D eigenvalue weighted by molar-refractivity contribution is 6.30. The summed E-state index contributed by atoms with van der Waals surface area (Å²) in [5.74, 6) is 1.22. The molecule has 1 unspecified atom stereocenters. The van der Waals surface area contributed by atoms with E-state index in [-0.39, 0.29) is 29.1 Å². The smallest absolute Gasteiger partial charge is 0.407 e. The lowest BCUT2D eigenvalue weighted by Crippen LogP contribution is -2.40. The number of aromatic nitrogens is 1. The first-order valence-electron chi connectivity index (χ1n) is 12.8. The molecule has 1 aliphatic heterocycles. The zero-order valence-corrected chi connectivity index (χ0v) is 21.4. The normalized spacial score (nSPS) is 19.2. The number of piperidine rings is 1. The number of ketones is 1. The number of hydrogen-bond donors (Lipinski definition) is 2. The number of oxazole rings is 1. The average molecular weight is 516 g/mol. The molecule has 1 spiro atoms. The summed E-state index contributed by atoms with van der Waals surface area (Å²) in [6, 6.07) is 6.94. The maximum atomic E-state index is 13.2. The Hall–Kier alpha value is -2.87. The number of carboxylic acid groups (broad SMARTS) is 1. The Bertz CT molecular complexity index is 1080. The number of rotatable bonds is 11. The second-order valence-electron chi connectivity index (χ2n) is 10.0. The van der Waals surface area contributed by atoms with Crippen molar-refractivity contribution >= 4 is 29.4 Å². The molecular formula is C27H34ClN3O5. The first-order chi connectivity index (χ1) is 17.3. The Labute approximate surface area is 216 Å². The van der Waals surface area contributed by atoms with Crippen LogP contribution in [0.1, 0.15) is 76.6 Å². The van der Waals surface area contributed by atoms with Gasteiger partial charge in [-0.25, -0.2) is 9.78 Å². The van der Waals surface area contributed by atoms with E-state index in [4.69, 9.17) is 16.0 Å². The highest BCUT2D eigenvalue weighted by Crippen LogP contribution is 2.59. The average Bonchev–Trinajstić information content (AvgIpc) is 3.33. The van der Waals surface area contributed by atoms with E-state index in [1.54, 1.807) is 18.3 Å². The van der Waals surface area contributed by atoms with Gasteiger partial charge in [-0.05, 0) is 61.8 Å². The molecule has 36 heavy (non-hydrogen) atoms. The van der Waals surface area contributed by atoms with Crippen LogP contribution < -0.4 is 5.32 Å². The van der Waals surface area contributed by atoms with Crippen LogP contribution in [0.4, 0.5) is 4.79 Å². The fourth-order valence-corrected chi connectivity index (χ4v) is 5.29. The molecule has 1 saturated heterocycles. The maximum absolute atomic E-state index is 13.2. The summed E-state index contributed by atoms with van der Waals surface area (Å²) < 4.78 is 6.07. The van der Waals surface area contributed by atoms with Gasteiger partial charge in [0, 0.05) is 42.4 Å². The lowest BCUT2D eigenvalue weighted by Gasteiger charge is -2.30. The molecule has 9 heteroatoms. The minimum absolute atomic E-state index is 0.0174. The van der Waals surface area contributed by atoms with Gasteiger partial charge < -0.3 is 19.7 Å². The molecule has 0 bridgehead atoms. The van der Waals surface area contributed by atoms with E-state index in [1.807, 2.05) is 19.1 Å².